The maximum absolute atomic E-state index is 12.9. The number of urea groups is 1. The largest absolute Gasteiger partial charge is 0.329 e. The van der Waals surface area contributed by atoms with Gasteiger partial charge in [0.1, 0.15) is 10.8 Å². The van der Waals surface area contributed by atoms with Crippen molar-refractivity contribution in [3.63, 3.8) is 0 Å². The third-order valence-electron chi connectivity index (χ3n) is 2.26. The van der Waals surface area contributed by atoms with Crippen LogP contribution in [0.25, 0.3) is 0 Å². The third kappa shape index (κ3) is 4.80. The van der Waals surface area contributed by atoms with E-state index in [1.54, 1.807) is 13.0 Å². The van der Waals surface area contributed by atoms with Crippen molar-refractivity contribution >= 4 is 34.1 Å². The Hall–Kier alpha value is -2.55. The molecular weight excluding hydrogens is 297 g/mol. The number of halogens is 1. The standard InChI is InChI=1S/C12H12FN5O2S/c1-7-17-18-12(21-7)16-11(20)14-6-10(19)15-9-4-2-3-8(13)5-9/h2-5H,6H2,1H3,(H,15,19)(H2,14,16,18,20). The monoisotopic (exact) mass is 309 g/mol. The van der Waals surface area contributed by atoms with E-state index in [9.17, 15) is 14.0 Å². The summed E-state index contributed by atoms with van der Waals surface area (Å²) in [7, 11) is 0. The minimum absolute atomic E-state index is 0.250. The molecule has 1 aromatic carbocycles. The molecule has 1 heterocycles. The van der Waals surface area contributed by atoms with E-state index in [2.05, 4.69) is 26.1 Å². The van der Waals surface area contributed by atoms with Crippen LogP contribution < -0.4 is 16.0 Å². The van der Waals surface area contributed by atoms with Crippen LogP contribution in [-0.4, -0.2) is 28.7 Å². The summed E-state index contributed by atoms with van der Waals surface area (Å²) in [5.41, 5.74) is 0.321. The Bertz CT molecular complexity index is 661. The van der Waals surface area contributed by atoms with Gasteiger partial charge in [-0.25, -0.2) is 9.18 Å². The first kappa shape index (κ1) is 14.9. The molecule has 21 heavy (non-hydrogen) atoms. The van der Waals surface area contributed by atoms with E-state index in [1.807, 2.05) is 0 Å². The topological polar surface area (TPSA) is 96.0 Å². The van der Waals surface area contributed by atoms with Gasteiger partial charge in [0.15, 0.2) is 0 Å². The Morgan fingerprint density at radius 2 is 2.10 bits per heavy atom. The van der Waals surface area contributed by atoms with Crippen LogP contribution in [0.3, 0.4) is 0 Å². The molecule has 0 aliphatic carbocycles. The van der Waals surface area contributed by atoms with Crippen molar-refractivity contribution in [1.82, 2.24) is 15.5 Å². The Balaban J connectivity index is 1.77. The van der Waals surface area contributed by atoms with Crippen molar-refractivity contribution in [2.45, 2.75) is 6.92 Å². The lowest BCUT2D eigenvalue weighted by molar-refractivity contribution is -0.115. The lowest BCUT2D eigenvalue weighted by Crippen LogP contribution is -2.35. The number of carbonyl (C=O) groups excluding carboxylic acids is 2. The lowest BCUT2D eigenvalue weighted by Gasteiger charge is -2.06. The Kier molecular flexibility index (Phi) is 4.77. The quantitative estimate of drug-likeness (QED) is 0.801. The summed E-state index contributed by atoms with van der Waals surface area (Å²) in [6.07, 6.45) is 0. The number of hydrogen-bond donors (Lipinski definition) is 3. The molecule has 0 aliphatic rings. The zero-order valence-corrected chi connectivity index (χ0v) is 11.8. The zero-order valence-electron chi connectivity index (χ0n) is 11.0. The van der Waals surface area contributed by atoms with Gasteiger partial charge in [0.2, 0.25) is 11.0 Å². The molecular formula is C12H12FN5O2S. The molecule has 2 rings (SSSR count). The molecule has 0 atom stereocenters. The van der Waals surface area contributed by atoms with Crippen molar-refractivity contribution in [1.29, 1.82) is 0 Å². The third-order valence-corrected chi connectivity index (χ3v) is 3.02. The highest BCUT2D eigenvalue weighted by Crippen LogP contribution is 2.13. The van der Waals surface area contributed by atoms with Gasteiger partial charge in [-0.1, -0.05) is 17.4 Å². The fourth-order valence-electron chi connectivity index (χ4n) is 1.42. The van der Waals surface area contributed by atoms with Crippen LogP contribution in [0.1, 0.15) is 5.01 Å². The van der Waals surface area contributed by atoms with Crippen LogP contribution in [0.2, 0.25) is 0 Å². The SMILES string of the molecule is Cc1nnc(NC(=O)NCC(=O)Nc2cccc(F)c2)s1. The van der Waals surface area contributed by atoms with Gasteiger partial charge >= 0.3 is 6.03 Å². The second-order valence-corrected chi connectivity index (χ2v) is 5.17. The summed E-state index contributed by atoms with van der Waals surface area (Å²) in [5, 5.41) is 15.8. The molecule has 3 amide bonds. The molecule has 0 aliphatic heterocycles. The predicted molar refractivity (Wildman–Crippen MR) is 76.7 cm³/mol. The van der Waals surface area contributed by atoms with E-state index >= 15 is 0 Å². The minimum atomic E-state index is -0.569. The molecule has 7 nitrogen and oxygen atoms in total. The van der Waals surface area contributed by atoms with E-state index in [0.29, 0.717) is 15.8 Å². The van der Waals surface area contributed by atoms with Crippen LogP contribution >= 0.6 is 11.3 Å². The number of rotatable bonds is 4. The van der Waals surface area contributed by atoms with Crippen molar-refractivity contribution in [2.75, 3.05) is 17.2 Å². The van der Waals surface area contributed by atoms with Gasteiger partial charge in [-0.2, -0.15) is 0 Å². The Labute approximate surface area is 123 Å². The molecule has 0 radical (unpaired) electrons. The summed E-state index contributed by atoms with van der Waals surface area (Å²) < 4.78 is 12.9. The summed E-state index contributed by atoms with van der Waals surface area (Å²) in [5.74, 6) is -0.922. The molecule has 0 bridgehead atoms. The van der Waals surface area contributed by atoms with Crippen molar-refractivity contribution in [2.24, 2.45) is 0 Å². The number of nitrogens with one attached hydrogen (secondary N) is 3. The highest BCUT2D eigenvalue weighted by atomic mass is 32.1. The molecule has 0 fully saturated rings. The Morgan fingerprint density at radius 1 is 1.29 bits per heavy atom. The van der Waals surface area contributed by atoms with Gasteiger partial charge in [-0.15, -0.1) is 10.2 Å². The highest BCUT2D eigenvalue weighted by molar-refractivity contribution is 7.15. The van der Waals surface area contributed by atoms with E-state index in [1.165, 1.54) is 29.5 Å². The first-order valence-electron chi connectivity index (χ1n) is 5.93. The van der Waals surface area contributed by atoms with E-state index in [-0.39, 0.29) is 6.54 Å². The fourth-order valence-corrected chi connectivity index (χ4v) is 2.01. The fraction of sp³-hybridized carbons (Fsp3) is 0.167. The van der Waals surface area contributed by atoms with Crippen molar-refractivity contribution < 1.29 is 14.0 Å². The van der Waals surface area contributed by atoms with Gasteiger partial charge in [0.25, 0.3) is 0 Å². The zero-order chi connectivity index (χ0) is 15.2. The number of aryl methyl sites for hydroxylation is 1. The number of nitrogens with zero attached hydrogens (tertiary/aromatic N) is 2. The first-order chi connectivity index (χ1) is 10.0. The van der Waals surface area contributed by atoms with Crippen LogP contribution in [-0.2, 0) is 4.79 Å². The van der Waals surface area contributed by atoms with Crippen LogP contribution in [0, 0.1) is 12.7 Å². The van der Waals surface area contributed by atoms with E-state index in [0.717, 1.165) is 0 Å². The summed E-state index contributed by atoms with van der Waals surface area (Å²) >= 11 is 1.22. The molecule has 2 aromatic rings. The van der Waals surface area contributed by atoms with Gasteiger partial charge < -0.3 is 10.6 Å². The highest BCUT2D eigenvalue weighted by Gasteiger charge is 2.08. The molecule has 0 unspecified atom stereocenters. The summed E-state index contributed by atoms with van der Waals surface area (Å²) in [6.45, 7) is 1.51. The molecule has 0 spiro atoms. The van der Waals surface area contributed by atoms with E-state index < -0.39 is 17.8 Å². The summed E-state index contributed by atoms with van der Waals surface area (Å²) in [4.78, 5) is 23.1. The van der Waals surface area contributed by atoms with Gasteiger partial charge in [0, 0.05) is 5.69 Å². The van der Waals surface area contributed by atoms with Gasteiger partial charge in [0.05, 0.1) is 6.54 Å². The molecule has 1 aromatic heterocycles. The number of aromatic nitrogens is 2. The van der Waals surface area contributed by atoms with Crippen LogP contribution in [0.15, 0.2) is 24.3 Å². The molecule has 0 saturated heterocycles. The van der Waals surface area contributed by atoms with Gasteiger partial charge in [-0.05, 0) is 25.1 Å². The van der Waals surface area contributed by atoms with Gasteiger partial charge in [-0.3, -0.25) is 10.1 Å². The van der Waals surface area contributed by atoms with E-state index in [4.69, 9.17) is 0 Å². The lowest BCUT2D eigenvalue weighted by atomic mass is 10.3. The second-order valence-electron chi connectivity index (χ2n) is 3.99. The predicted octanol–water partition coefficient (Wildman–Crippen LogP) is 1.75. The maximum atomic E-state index is 12.9. The first-order valence-corrected chi connectivity index (χ1v) is 6.75. The number of anilines is 2. The number of amides is 3. The second kappa shape index (κ2) is 6.75. The number of benzene rings is 1. The minimum Gasteiger partial charge on any atom is -0.329 e. The van der Waals surface area contributed by atoms with Crippen molar-refractivity contribution in [3.05, 3.63) is 35.1 Å². The normalized spacial score (nSPS) is 10.0. The molecule has 0 saturated carbocycles. The Morgan fingerprint density at radius 3 is 2.76 bits per heavy atom. The summed E-state index contributed by atoms with van der Waals surface area (Å²) in [6, 6.07) is 4.90. The molecule has 110 valence electrons. The average molecular weight is 309 g/mol. The molecule has 3 N–H and O–H groups in total. The van der Waals surface area contributed by atoms with Crippen LogP contribution in [0.4, 0.5) is 20.0 Å². The van der Waals surface area contributed by atoms with Crippen LogP contribution in [0.5, 0.6) is 0 Å². The van der Waals surface area contributed by atoms with Crippen molar-refractivity contribution in [3.8, 4) is 0 Å². The maximum Gasteiger partial charge on any atom is 0.321 e. The smallest absolute Gasteiger partial charge is 0.321 e. The number of carbonyl (C=O) groups is 2. The molecule has 9 heteroatoms. The number of hydrogen-bond acceptors (Lipinski definition) is 5. The average Bonchev–Trinajstić information content (AvgIpc) is 2.82.